The molecular weight excluding hydrogens is 865 g/mol. The lowest BCUT2D eigenvalue weighted by atomic mass is 10.1. The Morgan fingerprint density at radius 1 is 0.397 bits per heavy atom. The number of hydrogen-bond acceptors (Lipinski definition) is 10. The van der Waals surface area contributed by atoms with E-state index in [1.165, 1.54) is 27.7 Å². The summed E-state index contributed by atoms with van der Waals surface area (Å²) >= 11 is 0. The van der Waals surface area contributed by atoms with Gasteiger partial charge in [-0.15, -0.1) is 0 Å². The van der Waals surface area contributed by atoms with Gasteiger partial charge in [-0.25, -0.2) is 9.97 Å². The van der Waals surface area contributed by atoms with Crippen molar-refractivity contribution in [2.24, 2.45) is 0 Å². The summed E-state index contributed by atoms with van der Waals surface area (Å²) in [5.41, 5.74) is 11.8. The number of pyridine rings is 4. The first kappa shape index (κ1) is 44.3. The molecule has 2 N–H and O–H groups in total. The topological polar surface area (TPSA) is 178 Å². The highest BCUT2D eigenvalue weighted by Crippen LogP contribution is 2.37. The predicted molar refractivity (Wildman–Crippen MR) is 248 cm³/mol. The van der Waals surface area contributed by atoms with Crippen LogP contribution in [0, 0.1) is 0 Å². The third-order valence-corrected chi connectivity index (χ3v) is 11.0. The summed E-state index contributed by atoms with van der Waals surface area (Å²) in [6, 6.07) is 23.5. The molecule has 2 aliphatic rings. The number of ether oxygens (including phenoxy) is 4. The summed E-state index contributed by atoms with van der Waals surface area (Å²) in [6.45, 7) is 5.53. The van der Waals surface area contributed by atoms with Crippen molar-refractivity contribution < 1.29 is 56.4 Å². The van der Waals surface area contributed by atoms with Crippen LogP contribution in [0.1, 0.15) is 50.5 Å². The van der Waals surface area contributed by atoms with Gasteiger partial charge in [0.05, 0.1) is 45.0 Å². The van der Waals surface area contributed by atoms with Crippen molar-refractivity contribution in [2.45, 2.75) is 54.6 Å². The van der Waals surface area contributed by atoms with E-state index in [1.54, 1.807) is 18.3 Å². The lowest BCUT2D eigenvalue weighted by Gasteiger charge is -2.07. The van der Waals surface area contributed by atoms with E-state index in [0.717, 1.165) is 66.6 Å². The van der Waals surface area contributed by atoms with Crippen molar-refractivity contribution in [3.8, 4) is 44.5 Å². The summed E-state index contributed by atoms with van der Waals surface area (Å²) in [5, 5.41) is 0. The molecule has 0 radical (unpaired) electrons. The Hall–Kier alpha value is -8.92. The van der Waals surface area contributed by atoms with E-state index >= 15 is 0 Å². The minimum atomic E-state index is -0.402. The van der Waals surface area contributed by atoms with Crippen LogP contribution in [0.2, 0.25) is 0 Å². The summed E-state index contributed by atoms with van der Waals surface area (Å²) in [7, 11) is 0. The average molecular weight is 911 g/mol. The molecule has 338 valence electrons. The number of H-pyrrole nitrogens is 2. The van der Waals surface area contributed by atoms with Gasteiger partial charge in [-0.3, -0.25) is 19.2 Å². The van der Waals surface area contributed by atoms with E-state index in [9.17, 15) is 19.2 Å². The molecule has 0 atom stereocenters. The van der Waals surface area contributed by atoms with E-state index in [4.69, 9.17) is 28.9 Å². The molecule has 0 aromatic carbocycles. The molecule has 7 aromatic rings. The molecule has 16 heteroatoms. The molecule has 0 amide bonds. The van der Waals surface area contributed by atoms with Crippen LogP contribution in [0.5, 0.6) is 0 Å². The predicted octanol–water partition coefficient (Wildman–Crippen LogP) is 6.56. The Labute approximate surface area is 389 Å². The standard InChI is InChI=1S/C52H46N8O8/c1-33(61)65-29-57-21-5-9-37(25-57)49-41-13-15-43(53-41)50(38-10-6-22-58(26-38)30-66-34(2)62)45-17-19-47(55-45)52(40-12-8-24-60(28-40)32-68-36(4)64)48-20-18-46(56-48)51(44-16-14-42(49)54-44)39-11-7-23-59(27-39)31-67-35(3)63/h5-28,53,56H,29-32H2,1-4H3/q+4. The van der Waals surface area contributed by atoms with Gasteiger partial charge in [-0.2, -0.15) is 18.3 Å². The van der Waals surface area contributed by atoms with Crippen molar-refractivity contribution in [1.82, 2.24) is 19.9 Å². The molecular formula is C52H46N8O8+4. The Morgan fingerprint density at radius 3 is 0.853 bits per heavy atom. The first-order valence-corrected chi connectivity index (χ1v) is 21.6. The fourth-order valence-electron chi connectivity index (χ4n) is 8.08. The second-order valence-corrected chi connectivity index (χ2v) is 16.0. The maximum atomic E-state index is 11.9. The van der Waals surface area contributed by atoms with Crippen molar-refractivity contribution in [1.29, 1.82) is 0 Å². The highest BCUT2D eigenvalue weighted by atomic mass is 16.6. The minimum absolute atomic E-state index is 0.0129. The maximum Gasteiger partial charge on any atom is 0.307 e. The molecule has 68 heavy (non-hydrogen) atoms. The smallest absolute Gasteiger partial charge is 0.307 e. The molecule has 0 fully saturated rings. The second kappa shape index (κ2) is 19.3. The monoisotopic (exact) mass is 910 g/mol. The average Bonchev–Trinajstić information content (AvgIpc) is 4.18. The molecule has 7 aromatic heterocycles. The number of nitrogens with one attached hydrogen (secondary N) is 2. The van der Waals surface area contributed by atoms with Gasteiger partial charge in [-0.1, -0.05) is 0 Å². The van der Waals surface area contributed by atoms with Gasteiger partial charge < -0.3 is 28.9 Å². The number of aromatic nitrogens is 8. The highest BCUT2D eigenvalue weighted by molar-refractivity contribution is 5.99. The molecule has 9 rings (SSSR count). The Bertz CT molecular complexity index is 2970. The Balaban J connectivity index is 1.39. The summed E-state index contributed by atoms with van der Waals surface area (Å²) in [6.07, 6.45) is 22.8. The molecule has 8 bridgehead atoms. The molecule has 2 aliphatic heterocycles. The lowest BCUT2D eigenvalue weighted by Crippen LogP contribution is -2.35. The number of rotatable bonds is 12. The van der Waals surface area contributed by atoms with Gasteiger partial charge in [-0.05, 0) is 72.8 Å². The number of carbonyl (C=O) groups is 4. The summed E-state index contributed by atoms with van der Waals surface area (Å²) in [4.78, 5) is 65.6. The molecule has 16 nitrogen and oxygen atoms in total. The zero-order valence-electron chi connectivity index (χ0n) is 37.6. The number of carbonyl (C=O) groups excluding carboxylic acids is 4. The van der Waals surface area contributed by atoms with Crippen molar-refractivity contribution in [3.05, 3.63) is 145 Å². The quantitative estimate of drug-likeness (QED) is 0.0776. The van der Waals surface area contributed by atoms with Gasteiger partial charge in [0, 0.05) is 96.3 Å². The van der Waals surface area contributed by atoms with Gasteiger partial charge in [0.2, 0.25) is 0 Å². The Morgan fingerprint density at radius 2 is 0.632 bits per heavy atom. The number of esters is 4. The van der Waals surface area contributed by atoms with Crippen LogP contribution in [0.25, 0.3) is 90.9 Å². The van der Waals surface area contributed by atoms with Crippen LogP contribution in [-0.2, 0) is 65.0 Å². The van der Waals surface area contributed by atoms with E-state index < -0.39 is 23.9 Å². The molecule has 0 saturated carbocycles. The largest absolute Gasteiger partial charge is 0.405 e. The molecule has 0 aliphatic carbocycles. The maximum absolute atomic E-state index is 11.9. The normalized spacial score (nSPS) is 11.6. The fourth-order valence-corrected chi connectivity index (χ4v) is 8.08. The van der Waals surface area contributed by atoms with Crippen molar-refractivity contribution in [2.75, 3.05) is 0 Å². The molecule has 0 saturated heterocycles. The zero-order valence-corrected chi connectivity index (χ0v) is 37.6. The first-order chi connectivity index (χ1) is 32.9. The van der Waals surface area contributed by atoms with E-state index in [-0.39, 0.29) is 26.9 Å². The number of hydrogen-bond donors (Lipinski definition) is 2. The van der Waals surface area contributed by atoms with E-state index in [2.05, 4.69) is 9.97 Å². The number of nitrogens with zero attached hydrogens (tertiary/aromatic N) is 6. The van der Waals surface area contributed by atoms with Crippen LogP contribution in [0.4, 0.5) is 0 Å². The van der Waals surface area contributed by atoms with Gasteiger partial charge >= 0.3 is 23.9 Å². The number of aromatic amines is 2. The van der Waals surface area contributed by atoms with Crippen molar-refractivity contribution in [3.63, 3.8) is 0 Å². The lowest BCUT2D eigenvalue weighted by molar-refractivity contribution is -0.727. The van der Waals surface area contributed by atoms with Crippen LogP contribution in [-0.4, -0.2) is 43.8 Å². The van der Waals surface area contributed by atoms with Crippen LogP contribution < -0.4 is 18.3 Å². The second-order valence-electron chi connectivity index (χ2n) is 16.0. The molecule has 0 spiro atoms. The first-order valence-electron chi connectivity index (χ1n) is 21.6. The van der Waals surface area contributed by atoms with Gasteiger partial charge in [0.25, 0.3) is 26.9 Å². The summed E-state index contributed by atoms with van der Waals surface area (Å²) < 4.78 is 28.7. The van der Waals surface area contributed by atoms with Crippen molar-refractivity contribution >= 4 is 70.2 Å². The van der Waals surface area contributed by atoms with Crippen LogP contribution in [0.15, 0.2) is 122 Å². The van der Waals surface area contributed by atoms with E-state index in [0.29, 0.717) is 22.8 Å². The van der Waals surface area contributed by atoms with E-state index in [1.807, 2.05) is 147 Å². The summed E-state index contributed by atoms with van der Waals surface area (Å²) in [5.74, 6) is -1.61. The Kier molecular flexibility index (Phi) is 12.6. The van der Waals surface area contributed by atoms with Gasteiger partial charge in [0.15, 0.2) is 49.6 Å². The SMILES string of the molecule is CC(=O)OC[n+]1cccc(-c2c3nc(c(-c4ccc[n+](COC(C)=O)c4)c4ccc([nH]4)c(-c4ccc[n+](COC(C)=O)c4)c4nc(c(-c5ccc[n+](COC(C)=O)c5)c5ccc2[nH]5)C=C4)C=C3)c1. The van der Waals surface area contributed by atoms with Crippen LogP contribution in [0.3, 0.4) is 0 Å². The minimum Gasteiger partial charge on any atom is -0.405 e. The zero-order chi connectivity index (χ0) is 47.3. The fraction of sp³-hybridized carbons (Fsp3) is 0.154. The van der Waals surface area contributed by atoms with Gasteiger partial charge in [0.1, 0.15) is 0 Å². The van der Waals surface area contributed by atoms with Crippen LogP contribution >= 0.6 is 0 Å². The molecule has 9 heterocycles. The molecule has 0 unspecified atom stereocenters. The number of fused-ring (bicyclic) bond motifs is 8. The third kappa shape index (κ3) is 9.84. The highest BCUT2D eigenvalue weighted by Gasteiger charge is 2.23. The third-order valence-electron chi connectivity index (χ3n) is 11.0.